The Labute approximate surface area is 108 Å². The number of carbonyl (C=O) groups is 1. The van der Waals surface area contributed by atoms with Gasteiger partial charge in [-0.15, -0.1) is 0 Å². The van der Waals surface area contributed by atoms with Gasteiger partial charge in [-0.25, -0.2) is 0 Å². The summed E-state index contributed by atoms with van der Waals surface area (Å²) in [6, 6.07) is 8.49. The van der Waals surface area contributed by atoms with E-state index in [2.05, 4.69) is 10.6 Å². The van der Waals surface area contributed by atoms with Crippen LogP contribution in [0.4, 0.5) is 0 Å². The number of methoxy groups -OCH3 is 1. The monoisotopic (exact) mass is 248 g/mol. The molecule has 1 aromatic carbocycles. The fourth-order valence-electron chi connectivity index (χ4n) is 1.76. The van der Waals surface area contributed by atoms with E-state index >= 15 is 0 Å². The molecule has 4 heteroatoms. The van der Waals surface area contributed by atoms with Crippen molar-refractivity contribution in [2.75, 3.05) is 20.2 Å². The highest BCUT2D eigenvalue weighted by molar-refractivity contribution is 5.78. The summed E-state index contributed by atoms with van der Waals surface area (Å²) in [6.45, 7) is 1.10. The lowest BCUT2D eigenvalue weighted by molar-refractivity contribution is -0.120. The molecule has 4 nitrogen and oxygen atoms in total. The maximum Gasteiger partial charge on any atom is 0.233 e. The molecular weight excluding hydrogens is 228 g/mol. The van der Waals surface area contributed by atoms with E-state index in [0.717, 1.165) is 12.2 Å². The minimum atomic E-state index is 0.0739. The molecule has 1 aliphatic carbocycles. The second-order valence-corrected chi connectivity index (χ2v) is 4.61. The first-order valence-electron chi connectivity index (χ1n) is 6.41. The van der Waals surface area contributed by atoms with Gasteiger partial charge in [0, 0.05) is 12.6 Å². The van der Waals surface area contributed by atoms with Crippen LogP contribution in [-0.4, -0.2) is 32.1 Å². The average molecular weight is 248 g/mol. The summed E-state index contributed by atoms with van der Waals surface area (Å²) in [5, 5.41) is 6.10. The van der Waals surface area contributed by atoms with Crippen LogP contribution >= 0.6 is 0 Å². The van der Waals surface area contributed by atoms with E-state index in [4.69, 9.17) is 4.74 Å². The van der Waals surface area contributed by atoms with Crippen molar-refractivity contribution in [3.63, 3.8) is 0 Å². The molecule has 1 aliphatic rings. The molecule has 0 bridgehead atoms. The van der Waals surface area contributed by atoms with Gasteiger partial charge in [-0.2, -0.15) is 0 Å². The van der Waals surface area contributed by atoms with Crippen LogP contribution in [-0.2, 0) is 11.2 Å². The summed E-state index contributed by atoms with van der Waals surface area (Å²) in [5.74, 6) is 0.930. The molecule has 2 rings (SSSR count). The average Bonchev–Trinajstić information content (AvgIpc) is 3.21. The molecule has 1 amide bonds. The number of benzene rings is 1. The SMILES string of the molecule is COc1cccc(CCNC(=O)CNC2CC2)c1. The smallest absolute Gasteiger partial charge is 0.233 e. The molecule has 0 spiro atoms. The zero-order valence-electron chi connectivity index (χ0n) is 10.7. The number of hydrogen-bond donors (Lipinski definition) is 2. The Morgan fingerprint density at radius 1 is 1.44 bits per heavy atom. The van der Waals surface area contributed by atoms with Crippen LogP contribution in [0.3, 0.4) is 0 Å². The largest absolute Gasteiger partial charge is 0.497 e. The fraction of sp³-hybridized carbons (Fsp3) is 0.500. The van der Waals surface area contributed by atoms with Gasteiger partial charge in [0.15, 0.2) is 0 Å². The maximum atomic E-state index is 11.5. The van der Waals surface area contributed by atoms with E-state index in [9.17, 15) is 4.79 Å². The van der Waals surface area contributed by atoms with Gasteiger partial charge in [-0.05, 0) is 37.0 Å². The Balaban J connectivity index is 1.65. The van der Waals surface area contributed by atoms with Gasteiger partial charge < -0.3 is 15.4 Å². The molecule has 0 saturated heterocycles. The number of hydrogen-bond acceptors (Lipinski definition) is 3. The zero-order chi connectivity index (χ0) is 12.8. The number of amides is 1. The molecule has 0 aliphatic heterocycles. The molecule has 0 atom stereocenters. The lowest BCUT2D eigenvalue weighted by atomic mass is 10.1. The second-order valence-electron chi connectivity index (χ2n) is 4.61. The van der Waals surface area contributed by atoms with Crippen LogP contribution in [0.25, 0.3) is 0 Å². The van der Waals surface area contributed by atoms with Crippen LogP contribution < -0.4 is 15.4 Å². The van der Waals surface area contributed by atoms with Crippen LogP contribution in [0.1, 0.15) is 18.4 Å². The summed E-state index contributed by atoms with van der Waals surface area (Å²) in [6.07, 6.45) is 3.24. The summed E-state index contributed by atoms with van der Waals surface area (Å²) in [7, 11) is 1.66. The second kappa shape index (κ2) is 6.40. The van der Waals surface area contributed by atoms with E-state index in [1.54, 1.807) is 7.11 Å². The molecule has 2 N–H and O–H groups in total. The highest BCUT2D eigenvalue weighted by Gasteiger charge is 2.20. The molecule has 0 unspecified atom stereocenters. The highest BCUT2D eigenvalue weighted by atomic mass is 16.5. The quantitative estimate of drug-likeness (QED) is 0.760. The van der Waals surface area contributed by atoms with Crippen molar-refractivity contribution in [2.45, 2.75) is 25.3 Å². The van der Waals surface area contributed by atoms with E-state index in [-0.39, 0.29) is 5.91 Å². The minimum Gasteiger partial charge on any atom is -0.497 e. The molecule has 1 aromatic rings. The van der Waals surface area contributed by atoms with Gasteiger partial charge in [-0.1, -0.05) is 12.1 Å². The normalized spacial score (nSPS) is 14.3. The summed E-state index contributed by atoms with van der Waals surface area (Å²) in [4.78, 5) is 11.5. The van der Waals surface area contributed by atoms with Crippen LogP contribution in [0.2, 0.25) is 0 Å². The number of ether oxygens (including phenoxy) is 1. The highest BCUT2D eigenvalue weighted by Crippen LogP contribution is 2.17. The van der Waals surface area contributed by atoms with Gasteiger partial charge in [-0.3, -0.25) is 4.79 Å². The Kier molecular flexibility index (Phi) is 4.59. The molecule has 0 aromatic heterocycles. The van der Waals surface area contributed by atoms with Gasteiger partial charge in [0.2, 0.25) is 5.91 Å². The van der Waals surface area contributed by atoms with Crippen molar-refractivity contribution in [3.05, 3.63) is 29.8 Å². The first kappa shape index (κ1) is 12.9. The first-order valence-corrected chi connectivity index (χ1v) is 6.41. The van der Waals surface area contributed by atoms with Crippen molar-refractivity contribution >= 4 is 5.91 Å². The van der Waals surface area contributed by atoms with E-state index in [0.29, 0.717) is 19.1 Å². The number of rotatable bonds is 7. The molecule has 1 saturated carbocycles. The Morgan fingerprint density at radius 3 is 3.00 bits per heavy atom. The predicted molar refractivity (Wildman–Crippen MR) is 70.7 cm³/mol. The van der Waals surface area contributed by atoms with Gasteiger partial charge in [0.1, 0.15) is 5.75 Å². The summed E-state index contributed by atoms with van der Waals surface area (Å²) in [5.41, 5.74) is 1.17. The van der Waals surface area contributed by atoms with E-state index in [1.165, 1.54) is 18.4 Å². The summed E-state index contributed by atoms with van der Waals surface area (Å²) < 4.78 is 5.16. The predicted octanol–water partition coefficient (Wildman–Crippen LogP) is 1.11. The van der Waals surface area contributed by atoms with Crippen molar-refractivity contribution in [1.82, 2.24) is 10.6 Å². The minimum absolute atomic E-state index is 0.0739. The summed E-state index contributed by atoms with van der Waals surface area (Å²) >= 11 is 0. The van der Waals surface area contributed by atoms with Crippen LogP contribution in [0.15, 0.2) is 24.3 Å². The third-order valence-electron chi connectivity index (χ3n) is 3.00. The third kappa shape index (κ3) is 4.37. The standard InChI is InChI=1S/C14H20N2O2/c1-18-13-4-2-3-11(9-13)7-8-15-14(17)10-16-12-5-6-12/h2-4,9,12,16H,5-8,10H2,1H3,(H,15,17). The Hall–Kier alpha value is -1.55. The van der Waals surface area contributed by atoms with Crippen molar-refractivity contribution in [2.24, 2.45) is 0 Å². The van der Waals surface area contributed by atoms with Crippen molar-refractivity contribution in [3.8, 4) is 5.75 Å². The van der Waals surface area contributed by atoms with E-state index < -0.39 is 0 Å². The van der Waals surface area contributed by atoms with Gasteiger partial charge in [0.05, 0.1) is 13.7 Å². The van der Waals surface area contributed by atoms with Crippen LogP contribution in [0.5, 0.6) is 5.75 Å². The third-order valence-corrected chi connectivity index (χ3v) is 3.00. The van der Waals surface area contributed by atoms with Crippen molar-refractivity contribution in [1.29, 1.82) is 0 Å². The molecule has 0 heterocycles. The molecule has 0 radical (unpaired) electrons. The Morgan fingerprint density at radius 2 is 2.28 bits per heavy atom. The first-order chi connectivity index (χ1) is 8.78. The zero-order valence-corrected chi connectivity index (χ0v) is 10.7. The maximum absolute atomic E-state index is 11.5. The Bertz CT molecular complexity index is 403. The van der Waals surface area contributed by atoms with Crippen LogP contribution in [0, 0.1) is 0 Å². The number of carbonyl (C=O) groups excluding carboxylic acids is 1. The molecule has 18 heavy (non-hydrogen) atoms. The lowest BCUT2D eigenvalue weighted by Crippen LogP contribution is -2.35. The van der Waals surface area contributed by atoms with Crippen molar-refractivity contribution < 1.29 is 9.53 Å². The number of nitrogens with one attached hydrogen (secondary N) is 2. The fourth-order valence-corrected chi connectivity index (χ4v) is 1.76. The lowest BCUT2D eigenvalue weighted by Gasteiger charge is -2.07. The molecule has 1 fully saturated rings. The molecule has 98 valence electrons. The molecular formula is C14H20N2O2. The van der Waals surface area contributed by atoms with Gasteiger partial charge >= 0.3 is 0 Å². The van der Waals surface area contributed by atoms with Gasteiger partial charge in [0.25, 0.3) is 0 Å². The topological polar surface area (TPSA) is 50.4 Å². The van der Waals surface area contributed by atoms with E-state index in [1.807, 2.05) is 24.3 Å².